The third-order valence-electron chi connectivity index (χ3n) is 5.37. The molecule has 2 aliphatic heterocycles. The Bertz CT molecular complexity index is 412. The predicted molar refractivity (Wildman–Crippen MR) is 84.2 cm³/mol. The van der Waals surface area contributed by atoms with Crippen molar-refractivity contribution in [2.24, 2.45) is 0 Å². The normalized spacial score (nSPS) is 27.4. The summed E-state index contributed by atoms with van der Waals surface area (Å²) in [6.07, 6.45) is 5.28. The van der Waals surface area contributed by atoms with Crippen LogP contribution in [-0.2, 0) is 11.3 Å². The second-order valence-corrected chi connectivity index (χ2v) is 7.17. The molecule has 2 fully saturated rings. The summed E-state index contributed by atoms with van der Waals surface area (Å²) in [7, 11) is 4.13. The van der Waals surface area contributed by atoms with Crippen molar-refractivity contribution in [3.05, 3.63) is 22.4 Å². The van der Waals surface area contributed by atoms with Crippen LogP contribution in [0.15, 0.2) is 16.8 Å². The number of likely N-dealkylation sites (tertiary alicyclic amines) is 2. The minimum atomic E-state index is 0.453. The molecule has 2 saturated heterocycles. The van der Waals surface area contributed by atoms with Crippen LogP contribution in [0.2, 0.25) is 0 Å². The van der Waals surface area contributed by atoms with E-state index in [0.717, 1.165) is 13.2 Å². The summed E-state index contributed by atoms with van der Waals surface area (Å²) in [6, 6.07) is 2.88. The summed E-state index contributed by atoms with van der Waals surface area (Å²) in [4.78, 5) is 5.24. The van der Waals surface area contributed by atoms with E-state index >= 15 is 0 Å². The minimum Gasteiger partial charge on any atom is -0.383 e. The maximum atomic E-state index is 5.37. The average Bonchev–Trinajstić information content (AvgIpc) is 3.06. The first kappa shape index (κ1) is 14.5. The average molecular weight is 294 g/mol. The van der Waals surface area contributed by atoms with Crippen molar-refractivity contribution in [3.63, 3.8) is 0 Å². The number of hydrogen-bond acceptors (Lipinski definition) is 4. The van der Waals surface area contributed by atoms with Gasteiger partial charge < -0.3 is 4.74 Å². The third-order valence-corrected chi connectivity index (χ3v) is 6.10. The van der Waals surface area contributed by atoms with E-state index in [1.807, 2.05) is 7.11 Å². The molecule has 0 N–H and O–H groups in total. The van der Waals surface area contributed by atoms with Crippen molar-refractivity contribution in [2.45, 2.75) is 43.8 Å². The summed E-state index contributed by atoms with van der Waals surface area (Å²) in [5.41, 5.74) is 1.93. The number of piperidine rings is 1. The van der Waals surface area contributed by atoms with Crippen molar-refractivity contribution in [1.29, 1.82) is 0 Å². The number of nitrogens with zero attached hydrogens (tertiary/aromatic N) is 2. The summed E-state index contributed by atoms with van der Waals surface area (Å²) in [5.74, 6) is 0. The van der Waals surface area contributed by atoms with Gasteiger partial charge in [0.25, 0.3) is 0 Å². The molecule has 0 saturated carbocycles. The molecule has 1 unspecified atom stereocenters. The highest BCUT2D eigenvalue weighted by atomic mass is 32.1. The van der Waals surface area contributed by atoms with Gasteiger partial charge >= 0.3 is 0 Å². The number of thiophene rings is 1. The van der Waals surface area contributed by atoms with E-state index in [2.05, 4.69) is 33.7 Å². The first-order chi connectivity index (χ1) is 9.73. The zero-order valence-electron chi connectivity index (χ0n) is 12.7. The van der Waals surface area contributed by atoms with Crippen LogP contribution in [0.25, 0.3) is 0 Å². The maximum Gasteiger partial charge on any atom is 0.0618 e. The molecule has 0 aromatic carbocycles. The molecule has 1 aromatic heterocycles. The first-order valence-corrected chi connectivity index (χ1v) is 8.63. The topological polar surface area (TPSA) is 15.7 Å². The Morgan fingerprint density at radius 1 is 1.35 bits per heavy atom. The molecule has 1 aromatic rings. The van der Waals surface area contributed by atoms with E-state index in [-0.39, 0.29) is 0 Å². The fourth-order valence-electron chi connectivity index (χ4n) is 3.95. The van der Waals surface area contributed by atoms with Gasteiger partial charge in [-0.05, 0) is 55.1 Å². The first-order valence-electron chi connectivity index (χ1n) is 7.69. The van der Waals surface area contributed by atoms with E-state index in [1.165, 1.54) is 44.3 Å². The van der Waals surface area contributed by atoms with Gasteiger partial charge in [-0.25, -0.2) is 0 Å². The second-order valence-electron chi connectivity index (χ2n) is 6.39. The Balaban J connectivity index is 1.55. The molecule has 0 aliphatic carbocycles. The fourth-order valence-corrected chi connectivity index (χ4v) is 4.61. The van der Waals surface area contributed by atoms with Crippen LogP contribution in [0.5, 0.6) is 0 Å². The van der Waals surface area contributed by atoms with Crippen molar-refractivity contribution >= 4 is 11.3 Å². The van der Waals surface area contributed by atoms with Crippen LogP contribution < -0.4 is 0 Å². The van der Waals surface area contributed by atoms with E-state index in [1.54, 1.807) is 11.3 Å². The lowest BCUT2D eigenvalue weighted by molar-refractivity contribution is 0.0282. The fraction of sp³-hybridized carbons (Fsp3) is 0.750. The predicted octanol–water partition coefficient (Wildman–Crippen LogP) is 2.82. The number of ether oxygens (including phenoxy) is 1. The van der Waals surface area contributed by atoms with Crippen LogP contribution in [-0.4, -0.2) is 55.2 Å². The molecular formula is C16H26N2OS. The zero-order chi connectivity index (χ0) is 14.0. The molecule has 0 amide bonds. The SMILES string of the molecule is COCC1CCC2(CCN(Cc3ccsc3)CC2)N1C. The lowest BCUT2D eigenvalue weighted by atomic mass is 9.85. The highest BCUT2D eigenvalue weighted by Gasteiger charge is 2.45. The standard InChI is InChI=1S/C16H26N2OS/c1-17-15(12-19-2)3-5-16(17)6-8-18(9-7-16)11-14-4-10-20-13-14/h4,10,13,15H,3,5-9,11-12H2,1-2H3. The van der Waals surface area contributed by atoms with Crippen molar-refractivity contribution in [3.8, 4) is 0 Å². The van der Waals surface area contributed by atoms with Crippen LogP contribution in [0.3, 0.4) is 0 Å². The summed E-state index contributed by atoms with van der Waals surface area (Å²) < 4.78 is 5.37. The second kappa shape index (κ2) is 6.14. The van der Waals surface area contributed by atoms with Gasteiger partial charge in [0.1, 0.15) is 0 Å². The lowest BCUT2D eigenvalue weighted by Gasteiger charge is -2.45. The maximum absolute atomic E-state index is 5.37. The van der Waals surface area contributed by atoms with Crippen molar-refractivity contribution in [2.75, 3.05) is 33.9 Å². The summed E-state index contributed by atoms with van der Waals surface area (Å²) in [5, 5.41) is 4.46. The Kier molecular flexibility index (Phi) is 4.46. The van der Waals surface area contributed by atoms with Crippen LogP contribution in [0.1, 0.15) is 31.2 Å². The summed E-state index contributed by atoms with van der Waals surface area (Å²) >= 11 is 1.80. The highest BCUT2D eigenvalue weighted by molar-refractivity contribution is 7.07. The van der Waals surface area contributed by atoms with Crippen molar-refractivity contribution in [1.82, 2.24) is 9.80 Å². The Morgan fingerprint density at radius 3 is 2.80 bits per heavy atom. The van der Waals surface area contributed by atoms with Gasteiger partial charge in [0, 0.05) is 38.3 Å². The molecule has 20 heavy (non-hydrogen) atoms. The number of hydrogen-bond donors (Lipinski definition) is 0. The Morgan fingerprint density at radius 2 is 2.15 bits per heavy atom. The number of likely N-dealkylation sites (N-methyl/N-ethyl adjacent to an activating group) is 1. The molecule has 3 rings (SSSR count). The smallest absolute Gasteiger partial charge is 0.0618 e. The third kappa shape index (κ3) is 2.80. The molecular weight excluding hydrogens is 268 g/mol. The largest absolute Gasteiger partial charge is 0.383 e. The molecule has 0 bridgehead atoms. The molecule has 0 radical (unpaired) electrons. The van der Waals surface area contributed by atoms with Crippen LogP contribution in [0, 0.1) is 0 Å². The lowest BCUT2D eigenvalue weighted by Crippen LogP contribution is -2.52. The summed E-state index contributed by atoms with van der Waals surface area (Å²) in [6.45, 7) is 4.49. The zero-order valence-corrected chi connectivity index (χ0v) is 13.5. The molecule has 2 aliphatic rings. The Hall–Kier alpha value is -0.420. The molecule has 112 valence electrons. The molecule has 1 atom stereocenters. The van der Waals surface area contributed by atoms with Gasteiger partial charge in [0.05, 0.1) is 6.61 Å². The number of methoxy groups -OCH3 is 1. The molecule has 3 nitrogen and oxygen atoms in total. The number of rotatable bonds is 4. The monoisotopic (exact) mass is 294 g/mol. The van der Waals surface area contributed by atoms with Gasteiger partial charge in [-0.2, -0.15) is 11.3 Å². The van der Waals surface area contributed by atoms with Gasteiger partial charge in [-0.15, -0.1) is 0 Å². The van der Waals surface area contributed by atoms with Gasteiger partial charge in [-0.3, -0.25) is 9.80 Å². The van der Waals surface area contributed by atoms with Gasteiger partial charge in [0.15, 0.2) is 0 Å². The highest BCUT2D eigenvalue weighted by Crippen LogP contribution is 2.40. The quantitative estimate of drug-likeness (QED) is 0.849. The Labute approximate surface area is 126 Å². The van der Waals surface area contributed by atoms with Gasteiger partial charge in [0.2, 0.25) is 0 Å². The van der Waals surface area contributed by atoms with Crippen LogP contribution in [0.4, 0.5) is 0 Å². The van der Waals surface area contributed by atoms with E-state index in [9.17, 15) is 0 Å². The van der Waals surface area contributed by atoms with E-state index in [4.69, 9.17) is 4.74 Å². The minimum absolute atomic E-state index is 0.453. The molecule has 3 heterocycles. The van der Waals surface area contributed by atoms with E-state index < -0.39 is 0 Å². The van der Waals surface area contributed by atoms with Crippen molar-refractivity contribution < 1.29 is 4.74 Å². The van der Waals surface area contributed by atoms with E-state index in [0.29, 0.717) is 11.6 Å². The molecule has 1 spiro atoms. The van der Waals surface area contributed by atoms with Gasteiger partial charge in [-0.1, -0.05) is 0 Å². The molecule has 4 heteroatoms. The van der Waals surface area contributed by atoms with Crippen LogP contribution >= 0.6 is 11.3 Å².